The van der Waals surface area contributed by atoms with E-state index >= 15 is 0 Å². The highest BCUT2D eigenvalue weighted by molar-refractivity contribution is 6.18. The fourth-order valence-electron chi connectivity index (χ4n) is 3.26. The van der Waals surface area contributed by atoms with Crippen LogP contribution in [0.1, 0.15) is 44.9 Å². The SMILES string of the molecule is ClCC1CCCCC1NCCCN1CCCC1. The summed E-state index contributed by atoms with van der Waals surface area (Å²) in [6, 6.07) is 0.694. The van der Waals surface area contributed by atoms with Crippen molar-refractivity contribution in [1.82, 2.24) is 10.2 Å². The molecule has 0 aromatic heterocycles. The van der Waals surface area contributed by atoms with E-state index in [1.54, 1.807) is 0 Å². The number of nitrogens with one attached hydrogen (secondary N) is 1. The summed E-state index contributed by atoms with van der Waals surface area (Å²) in [7, 11) is 0. The largest absolute Gasteiger partial charge is 0.314 e. The van der Waals surface area contributed by atoms with Crippen LogP contribution in [-0.2, 0) is 0 Å². The van der Waals surface area contributed by atoms with Crippen molar-refractivity contribution in [2.75, 3.05) is 32.1 Å². The summed E-state index contributed by atoms with van der Waals surface area (Å²) < 4.78 is 0. The molecule has 1 saturated heterocycles. The van der Waals surface area contributed by atoms with Gasteiger partial charge in [0, 0.05) is 11.9 Å². The molecule has 0 bridgehead atoms. The van der Waals surface area contributed by atoms with Crippen molar-refractivity contribution in [2.45, 2.75) is 51.0 Å². The number of nitrogens with zero attached hydrogens (tertiary/aromatic N) is 1. The van der Waals surface area contributed by atoms with Crippen LogP contribution in [0.15, 0.2) is 0 Å². The van der Waals surface area contributed by atoms with E-state index in [2.05, 4.69) is 10.2 Å². The predicted molar refractivity (Wildman–Crippen MR) is 74.8 cm³/mol. The monoisotopic (exact) mass is 258 g/mol. The van der Waals surface area contributed by atoms with Gasteiger partial charge in [-0.25, -0.2) is 0 Å². The van der Waals surface area contributed by atoms with E-state index in [-0.39, 0.29) is 0 Å². The quantitative estimate of drug-likeness (QED) is 0.582. The van der Waals surface area contributed by atoms with Crippen LogP contribution in [0.25, 0.3) is 0 Å². The lowest BCUT2D eigenvalue weighted by molar-refractivity contribution is 0.273. The fourth-order valence-corrected chi connectivity index (χ4v) is 3.63. The van der Waals surface area contributed by atoms with Gasteiger partial charge in [0.15, 0.2) is 0 Å². The number of hydrogen-bond acceptors (Lipinski definition) is 2. The highest BCUT2D eigenvalue weighted by atomic mass is 35.5. The van der Waals surface area contributed by atoms with Crippen molar-refractivity contribution in [2.24, 2.45) is 5.92 Å². The number of hydrogen-bond donors (Lipinski definition) is 1. The third-order valence-electron chi connectivity index (χ3n) is 4.36. The van der Waals surface area contributed by atoms with E-state index in [4.69, 9.17) is 11.6 Å². The molecule has 0 aromatic rings. The van der Waals surface area contributed by atoms with Crippen LogP contribution in [0, 0.1) is 5.92 Å². The van der Waals surface area contributed by atoms with E-state index in [9.17, 15) is 0 Å². The lowest BCUT2D eigenvalue weighted by Crippen LogP contribution is -2.40. The van der Waals surface area contributed by atoms with Crippen LogP contribution in [-0.4, -0.2) is 43.0 Å². The zero-order valence-electron chi connectivity index (χ0n) is 11.0. The van der Waals surface area contributed by atoms with E-state index in [1.165, 1.54) is 71.1 Å². The van der Waals surface area contributed by atoms with Crippen molar-refractivity contribution >= 4 is 11.6 Å². The second-order valence-electron chi connectivity index (χ2n) is 5.66. The molecule has 2 unspecified atom stereocenters. The second kappa shape index (κ2) is 7.60. The minimum Gasteiger partial charge on any atom is -0.314 e. The lowest BCUT2D eigenvalue weighted by Gasteiger charge is -2.31. The van der Waals surface area contributed by atoms with Crippen LogP contribution in [0.5, 0.6) is 0 Å². The number of rotatable bonds is 6. The van der Waals surface area contributed by atoms with Crippen molar-refractivity contribution in [3.8, 4) is 0 Å². The molecule has 1 saturated carbocycles. The average Bonchev–Trinajstić information content (AvgIpc) is 2.88. The van der Waals surface area contributed by atoms with Gasteiger partial charge in [-0.1, -0.05) is 12.8 Å². The first-order chi connectivity index (χ1) is 8.40. The molecule has 0 radical (unpaired) electrons. The third-order valence-corrected chi connectivity index (χ3v) is 4.76. The molecule has 2 aliphatic rings. The second-order valence-corrected chi connectivity index (χ2v) is 5.97. The van der Waals surface area contributed by atoms with Gasteiger partial charge in [0.25, 0.3) is 0 Å². The third kappa shape index (κ3) is 4.42. The molecule has 1 N–H and O–H groups in total. The van der Waals surface area contributed by atoms with Crippen LogP contribution < -0.4 is 5.32 Å². The fraction of sp³-hybridized carbons (Fsp3) is 1.00. The zero-order chi connectivity index (χ0) is 11.9. The Labute approximate surface area is 111 Å². The van der Waals surface area contributed by atoms with Gasteiger partial charge in [-0.3, -0.25) is 0 Å². The van der Waals surface area contributed by atoms with E-state index in [1.807, 2.05) is 0 Å². The minimum atomic E-state index is 0.694. The summed E-state index contributed by atoms with van der Waals surface area (Å²) in [6.07, 6.45) is 9.54. The van der Waals surface area contributed by atoms with Gasteiger partial charge >= 0.3 is 0 Å². The highest BCUT2D eigenvalue weighted by Gasteiger charge is 2.23. The molecular formula is C14H27ClN2. The van der Waals surface area contributed by atoms with E-state index < -0.39 is 0 Å². The summed E-state index contributed by atoms with van der Waals surface area (Å²) in [5.74, 6) is 1.56. The molecule has 1 aliphatic carbocycles. The molecule has 2 fully saturated rings. The van der Waals surface area contributed by atoms with Gasteiger partial charge in [-0.15, -0.1) is 11.6 Å². The maximum Gasteiger partial charge on any atom is 0.0266 e. The van der Waals surface area contributed by atoms with Crippen molar-refractivity contribution in [3.63, 3.8) is 0 Å². The van der Waals surface area contributed by atoms with Gasteiger partial charge in [0.2, 0.25) is 0 Å². The predicted octanol–water partition coefficient (Wildman–Crippen LogP) is 2.86. The Balaban J connectivity index is 1.56. The molecule has 2 nitrogen and oxygen atoms in total. The zero-order valence-corrected chi connectivity index (χ0v) is 11.7. The lowest BCUT2D eigenvalue weighted by atomic mass is 9.86. The molecule has 0 aromatic carbocycles. The summed E-state index contributed by atoms with van der Waals surface area (Å²) in [4.78, 5) is 2.60. The topological polar surface area (TPSA) is 15.3 Å². The van der Waals surface area contributed by atoms with Gasteiger partial charge < -0.3 is 10.2 Å². The Hall–Kier alpha value is 0.210. The summed E-state index contributed by atoms with van der Waals surface area (Å²) >= 11 is 6.04. The standard InChI is InChI=1S/C14H27ClN2/c15-12-13-6-1-2-7-14(13)16-8-5-11-17-9-3-4-10-17/h13-14,16H,1-12H2. The Morgan fingerprint density at radius 3 is 2.59 bits per heavy atom. The van der Waals surface area contributed by atoms with Crippen molar-refractivity contribution < 1.29 is 0 Å². The number of halogens is 1. The molecular weight excluding hydrogens is 232 g/mol. The van der Waals surface area contributed by atoms with Gasteiger partial charge in [0.05, 0.1) is 0 Å². The molecule has 0 amide bonds. The molecule has 2 rings (SSSR count). The van der Waals surface area contributed by atoms with Crippen LogP contribution in [0.4, 0.5) is 0 Å². The van der Waals surface area contributed by atoms with E-state index in [0.717, 1.165) is 11.8 Å². The van der Waals surface area contributed by atoms with Crippen LogP contribution >= 0.6 is 11.6 Å². The Kier molecular flexibility index (Phi) is 6.10. The van der Waals surface area contributed by atoms with Gasteiger partial charge in [0.1, 0.15) is 0 Å². The summed E-state index contributed by atoms with van der Waals surface area (Å²) in [5, 5.41) is 3.74. The molecule has 2 atom stereocenters. The number of likely N-dealkylation sites (tertiary alicyclic amines) is 1. The highest BCUT2D eigenvalue weighted by Crippen LogP contribution is 2.25. The molecule has 17 heavy (non-hydrogen) atoms. The molecule has 1 aliphatic heterocycles. The van der Waals surface area contributed by atoms with Crippen molar-refractivity contribution in [3.05, 3.63) is 0 Å². The van der Waals surface area contributed by atoms with Gasteiger partial charge in [-0.2, -0.15) is 0 Å². The molecule has 1 heterocycles. The smallest absolute Gasteiger partial charge is 0.0266 e. The first-order valence-corrected chi connectivity index (χ1v) is 7.95. The number of alkyl halides is 1. The Bertz CT molecular complexity index is 204. The van der Waals surface area contributed by atoms with E-state index in [0.29, 0.717) is 6.04 Å². The normalized spacial score (nSPS) is 30.9. The van der Waals surface area contributed by atoms with Crippen LogP contribution in [0.2, 0.25) is 0 Å². The Morgan fingerprint density at radius 2 is 1.82 bits per heavy atom. The first-order valence-electron chi connectivity index (χ1n) is 7.42. The molecule has 100 valence electrons. The summed E-state index contributed by atoms with van der Waals surface area (Å²) in [6.45, 7) is 5.11. The summed E-state index contributed by atoms with van der Waals surface area (Å²) in [5.41, 5.74) is 0. The average molecular weight is 259 g/mol. The van der Waals surface area contributed by atoms with Crippen molar-refractivity contribution in [1.29, 1.82) is 0 Å². The van der Waals surface area contributed by atoms with Crippen LogP contribution in [0.3, 0.4) is 0 Å². The minimum absolute atomic E-state index is 0.694. The molecule has 3 heteroatoms. The Morgan fingerprint density at radius 1 is 1.06 bits per heavy atom. The molecule has 0 spiro atoms. The maximum absolute atomic E-state index is 6.04. The first kappa shape index (κ1) is 13.6. The maximum atomic E-state index is 6.04. The van der Waals surface area contributed by atoms with Gasteiger partial charge in [-0.05, 0) is 64.2 Å².